The van der Waals surface area contributed by atoms with Crippen LogP contribution in [-0.4, -0.2) is 37.7 Å². The van der Waals surface area contributed by atoms with Crippen LogP contribution >= 0.6 is 0 Å². The monoisotopic (exact) mass is 248 g/mol. The normalized spacial score (nSPS) is 20.8. The Morgan fingerprint density at radius 1 is 1.44 bits per heavy atom. The van der Waals surface area contributed by atoms with E-state index in [1.807, 2.05) is 0 Å². The molecule has 18 heavy (non-hydrogen) atoms. The largest absolute Gasteiger partial charge is 0.372 e. The Balaban J connectivity index is 1.94. The molecular weight excluding hydrogens is 224 g/mol. The summed E-state index contributed by atoms with van der Waals surface area (Å²) in [4.78, 5) is 2.32. The highest BCUT2D eigenvalue weighted by atomic mass is 16.5. The van der Waals surface area contributed by atoms with Crippen LogP contribution in [0.25, 0.3) is 0 Å². The first-order valence-electron chi connectivity index (χ1n) is 6.80. The molecule has 0 radical (unpaired) electrons. The van der Waals surface area contributed by atoms with E-state index in [1.165, 1.54) is 11.1 Å². The Labute approximate surface area is 110 Å². The van der Waals surface area contributed by atoms with Crippen molar-refractivity contribution in [1.29, 1.82) is 0 Å². The number of nitrogens with zero attached hydrogens (tertiary/aromatic N) is 1. The van der Waals surface area contributed by atoms with Crippen molar-refractivity contribution in [3.63, 3.8) is 0 Å². The summed E-state index contributed by atoms with van der Waals surface area (Å²) in [5, 5.41) is 0. The van der Waals surface area contributed by atoms with Crippen molar-refractivity contribution in [2.45, 2.75) is 31.9 Å². The van der Waals surface area contributed by atoms with Crippen molar-refractivity contribution in [1.82, 2.24) is 4.90 Å². The van der Waals surface area contributed by atoms with E-state index in [9.17, 15) is 0 Å². The highest BCUT2D eigenvalue weighted by molar-refractivity contribution is 5.31. The molecule has 3 nitrogen and oxygen atoms in total. The van der Waals surface area contributed by atoms with E-state index in [4.69, 9.17) is 10.5 Å². The van der Waals surface area contributed by atoms with Crippen LogP contribution < -0.4 is 5.73 Å². The lowest BCUT2D eigenvalue weighted by Crippen LogP contribution is -2.32. The minimum atomic E-state index is 0.216. The zero-order chi connectivity index (χ0) is 13.0. The van der Waals surface area contributed by atoms with Gasteiger partial charge in [-0.1, -0.05) is 24.3 Å². The fraction of sp³-hybridized carbons (Fsp3) is 0.600. The predicted molar refractivity (Wildman–Crippen MR) is 74.6 cm³/mol. The number of hydrogen-bond donors (Lipinski definition) is 1. The number of benzene rings is 1. The van der Waals surface area contributed by atoms with Gasteiger partial charge in [-0.25, -0.2) is 0 Å². The third-order valence-corrected chi connectivity index (χ3v) is 3.54. The Hall–Kier alpha value is -0.900. The molecule has 1 aliphatic rings. The summed E-state index contributed by atoms with van der Waals surface area (Å²) >= 11 is 0. The second-order valence-electron chi connectivity index (χ2n) is 5.34. The predicted octanol–water partition coefficient (Wildman–Crippen LogP) is 1.97. The van der Waals surface area contributed by atoms with Crippen LogP contribution in [0.3, 0.4) is 0 Å². The molecule has 2 unspecified atom stereocenters. The van der Waals surface area contributed by atoms with E-state index in [0.717, 1.165) is 32.5 Å². The summed E-state index contributed by atoms with van der Waals surface area (Å²) in [5.74, 6) is 0. The first kappa shape index (κ1) is 13.5. The van der Waals surface area contributed by atoms with E-state index in [2.05, 4.69) is 43.1 Å². The van der Waals surface area contributed by atoms with Crippen molar-refractivity contribution in [2.75, 3.05) is 26.7 Å². The standard InChI is InChI=1S/C15H24N2O/c1-12(16)7-9-17(2)11-15-14-6-4-3-5-13(14)8-10-18-15/h3-6,12,15H,7-11,16H2,1-2H3. The van der Waals surface area contributed by atoms with Gasteiger partial charge in [-0.05, 0) is 44.5 Å². The maximum Gasteiger partial charge on any atom is 0.0954 e. The van der Waals surface area contributed by atoms with Crippen molar-refractivity contribution in [2.24, 2.45) is 5.73 Å². The molecule has 1 aromatic rings. The van der Waals surface area contributed by atoms with Crippen molar-refractivity contribution >= 4 is 0 Å². The van der Waals surface area contributed by atoms with Gasteiger partial charge < -0.3 is 15.4 Å². The Morgan fingerprint density at radius 3 is 3.00 bits per heavy atom. The molecule has 2 rings (SSSR count). The van der Waals surface area contributed by atoms with Gasteiger partial charge in [0.2, 0.25) is 0 Å². The zero-order valence-electron chi connectivity index (χ0n) is 11.4. The van der Waals surface area contributed by atoms with Gasteiger partial charge in [0.25, 0.3) is 0 Å². The van der Waals surface area contributed by atoms with E-state index < -0.39 is 0 Å². The summed E-state index contributed by atoms with van der Waals surface area (Å²) in [6.07, 6.45) is 2.29. The first-order valence-corrected chi connectivity index (χ1v) is 6.80. The van der Waals surface area contributed by atoms with Crippen LogP contribution in [0.1, 0.15) is 30.6 Å². The number of rotatable bonds is 5. The third-order valence-electron chi connectivity index (χ3n) is 3.54. The number of likely N-dealkylation sites (N-methyl/N-ethyl adjacent to an activating group) is 1. The topological polar surface area (TPSA) is 38.5 Å². The van der Waals surface area contributed by atoms with Gasteiger partial charge in [0.15, 0.2) is 0 Å². The summed E-state index contributed by atoms with van der Waals surface area (Å²) in [6.45, 7) is 4.87. The maximum atomic E-state index is 5.91. The molecule has 2 atom stereocenters. The molecule has 3 heteroatoms. The molecule has 0 bridgehead atoms. The Bertz CT molecular complexity index is 379. The van der Waals surface area contributed by atoms with Crippen LogP contribution in [0, 0.1) is 0 Å². The molecule has 1 aromatic carbocycles. The van der Waals surface area contributed by atoms with Crippen LogP contribution in [-0.2, 0) is 11.2 Å². The maximum absolute atomic E-state index is 5.91. The molecule has 0 fully saturated rings. The lowest BCUT2D eigenvalue weighted by atomic mass is 9.97. The molecule has 0 spiro atoms. The molecule has 1 heterocycles. The number of nitrogens with two attached hydrogens (primary N) is 1. The Morgan fingerprint density at radius 2 is 2.22 bits per heavy atom. The fourth-order valence-electron chi connectivity index (χ4n) is 2.43. The van der Waals surface area contributed by atoms with Crippen molar-refractivity contribution in [3.8, 4) is 0 Å². The quantitative estimate of drug-likeness (QED) is 0.866. The summed E-state index contributed by atoms with van der Waals surface area (Å²) < 4.78 is 5.91. The molecule has 0 saturated carbocycles. The number of fused-ring (bicyclic) bond motifs is 1. The fourth-order valence-corrected chi connectivity index (χ4v) is 2.43. The highest BCUT2D eigenvalue weighted by Gasteiger charge is 2.21. The van der Waals surface area contributed by atoms with Gasteiger partial charge >= 0.3 is 0 Å². The third kappa shape index (κ3) is 3.55. The minimum Gasteiger partial charge on any atom is -0.372 e. The average molecular weight is 248 g/mol. The first-order chi connectivity index (χ1) is 8.66. The second-order valence-corrected chi connectivity index (χ2v) is 5.34. The summed E-state index contributed by atoms with van der Waals surface area (Å²) in [5.41, 5.74) is 8.59. The Kier molecular flexibility index (Phi) is 4.75. The van der Waals surface area contributed by atoms with E-state index in [0.29, 0.717) is 0 Å². The SMILES string of the molecule is CC(N)CCN(C)CC1OCCc2ccccc21. The van der Waals surface area contributed by atoms with Gasteiger partial charge in [-0.3, -0.25) is 0 Å². The molecule has 0 aromatic heterocycles. The van der Waals surface area contributed by atoms with Crippen LogP contribution in [0.2, 0.25) is 0 Å². The molecule has 2 N–H and O–H groups in total. The summed E-state index contributed by atoms with van der Waals surface area (Å²) in [6, 6.07) is 8.89. The molecule has 1 aliphatic heterocycles. The van der Waals surface area contributed by atoms with Gasteiger partial charge in [0, 0.05) is 12.6 Å². The summed E-state index contributed by atoms with van der Waals surface area (Å²) in [7, 11) is 2.14. The second kappa shape index (κ2) is 6.32. The minimum absolute atomic E-state index is 0.216. The van der Waals surface area contributed by atoms with Crippen LogP contribution in [0.5, 0.6) is 0 Å². The molecule has 0 amide bonds. The molecule has 100 valence electrons. The lowest BCUT2D eigenvalue weighted by molar-refractivity contribution is 0.0207. The van der Waals surface area contributed by atoms with E-state index in [1.54, 1.807) is 0 Å². The number of hydrogen-bond acceptors (Lipinski definition) is 3. The van der Waals surface area contributed by atoms with Crippen LogP contribution in [0.4, 0.5) is 0 Å². The molecular formula is C15H24N2O. The smallest absolute Gasteiger partial charge is 0.0954 e. The van der Waals surface area contributed by atoms with E-state index >= 15 is 0 Å². The van der Waals surface area contributed by atoms with Crippen molar-refractivity contribution in [3.05, 3.63) is 35.4 Å². The van der Waals surface area contributed by atoms with Crippen LogP contribution in [0.15, 0.2) is 24.3 Å². The zero-order valence-corrected chi connectivity index (χ0v) is 11.4. The lowest BCUT2D eigenvalue weighted by Gasteiger charge is -2.30. The van der Waals surface area contributed by atoms with Gasteiger partial charge in [-0.2, -0.15) is 0 Å². The van der Waals surface area contributed by atoms with Crippen molar-refractivity contribution < 1.29 is 4.74 Å². The molecule has 0 aliphatic carbocycles. The van der Waals surface area contributed by atoms with Gasteiger partial charge in [0.1, 0.15) is 0 Å². The van der Waals surface area contributed by atoms with Gasteiger partial charge in [0.05, 0.1) is 12.7 Å². The average Bonchev–Trinajstić information content (AvgIpc) is 2.37. The number of ether oxygens (including phenoxy) is 1. The molecule has 0 saturated heterocycles. The van der Waals surface area contributed by atoms with Gasteiger partial charge in [-0.15, -0.1) is 0 Å². The van der Waals surface area contributed by atoms with E-state index in [-0.39, 0.29) is 12.1 Å². The highest BCUT2D eigenvalue weighted by Crippen LogP contribution is 2.27.